The van der Waals surface area contributed by atoms with Gasteiger partial charge in [0.2, 0.25) is 0 Å². The van der Waals surface area contributed by atoms with E-state index in [9.17, 15) is 18.8 Å². The number of ketones is 3. The van der Waals surface area contributed by atoms with Crippen molar-refractivity contribution in [3.63, 3.8) is 0 Å². The number of anilines is 1. The first-order valence-electron chi connectivity index (χ1n) is 13.7. The quantitative estimate of drug-likeness (QED) is 0.216. The molecule has 0 aromatic heterocycles. The van der Waals surface area contributed by atoms with Crippen molar-refractivity contribution in [1.29, 1.82) is 0 Å². The second kappa shape index (κ2) is 9.52. The van der Waals surface area contributed by atoms with Gasteiger partial charge in [-0.3, -0.25) is 14.4 Å². The van der Waals surface area contributed by atoms with Crippen molar-refractivity contribution in [2.24, 2.45) is 5.41 Å². The molecule has 4 aromatic rings. The molecule has 0 radical (unpaired) electrons. The lowest BCUT2D eigenvalue weighted by Gasteiger charge is -2.37. The molecule has 0 saturated carbocycles. The molecule has 7 heteroatoms. The molecular weight excluding hydrogens is 533 g/mol. The third-order valence-corrected chi connectivity index (χ3v) is 8.86. The van der Waals surface area contributed by atoms with Gasteiger partial charge in [-0.2, -0.15) is 0 Å². The monoisotopic (exact) mass is 559 g/mol. The molecule has 3 atom stereocenters. The zero-order valence-corrected chi connectivity index (χ0v) is 22.9. The van der Waals surface area contributed by atoms with Crippen LogP contribution in [-0.4, -0.2) is 43.7 Å². The largest absolute Gasteiger partial charge is 0.497 e. The third-order valence-electron chi connectivity index (χ3n) is 8.86. The molecule has 2 aliphatic heterocycles. The minimum atomic E-state index is -1.65. The van der Waals surface area contributed by atoms with Crippen molar-refractivity contribution in [3.05, 3.63) is 131 Å². The number of benzene rings is 4. The smallest absolute Gasteiger partial charge is 0.185 e. The van der Waals surface area contributed by atoms with Gasteiger partial charge in [0.1, 0.15) is 28.8 Å². The normalized spacial score (nSPS) is 21.2. The van der Waals surface area contributed by atoms with Crippen LogP contribution in [0.1, 0.15) is 48.1 Å². The van der Waals surface area contributed by atoms with Crippen LogP contribution in [0.2, 0.25) is 0 Å². The number of Topliss-reactive ketones (excluding diaryl/α,β-unsaturated/α-hetero) is 3. The van der Waals surface area contributed by atoms with Crippen molar-refractivity contribution < 1.29 is 28.2 Å². The Kier molecular flexibility index (Phi) is 5.87. The summed E-state index contributed by atoms with van der Waals surface area (Å²) in [5.41, 5.74) is 1.20. The molecule has 1 spiro atoms. The van der Waals surface area contributed by atoms with Gasteiger partial charge in [-0.1, -0.05) is 48.6 Å². The topological polar surface area (TPSA) is 72.9 Å². The molecule has 0 bridgehead atoms. The summed E-state index contributed by atoms with van der Waals surface area (Å²) in [4.78, 5) is 45.9. The van der Waals surface area contributed by atoms with Crippen LogP contribution in [0.25, 0.3) is 6.08 Å². The van der Waals surface area contributed by atoms with E-state index in [1.165, 1.54) is 12.1 Å². The average molecular weight is 560 g/mol. The molecule has 7 rings (SSSR count). The summed E-state index contributed by atoms with van der Waals surface area (Å²) in [6.07, 6.45) is 3.52. The molecule has 1 aliphatic carbocycles. The molecule has 0 amide bonds. The van der Waals surface area contributed by atoms with E-state index in [1.54, 1.807) is 99.2 Å². The lowest BCUT2D eigenvalue weighted by Crippen LogP contribution is -2.48. The molecule has 1 fully saturated rings. The Labute approximate surface area is 242 Å². The molecule has 3 aliphatic rings. The van der Waals surface area contributed by atoms with E-state index in [-0.39, 0.29) is 17.3 Å². The number of methoxy groups -OCH3 is 2. The summed E-state index contributed by atoms with van der Waals surface area (Å²) in [5.74, 6) is -1.10. The van der Waals surface area contributed by atoms with E-state index in [4.69, 9.17) is 9.47 Å². The van der Waals surface area contributed by atoms with Gasteiger partial charge in [-0.15, -0.1) is 0 Å². The summed E-state index contributed by atoms with van der Waals surface area (Å²) < 4.78 is 25.2. The van der Waals surface area contributed by atoms with Gasteiger partial charge in [0, 0.05) is 33.9 Å². The molecule has 6 nitrogen and oxygen atoms in total. The van der Waals surface area contributed by atoms with E-state index in [0.29, 0.717) is 45.0 Å². The molecule has 4 aromatic carbocycles. The summed E-state index contributed by atoms with van der Waals surface area (Å²) in [6.45, 7) is 0. The predicted octanol–water partition coefficient (Wildman–Crippen LogP) is 6.16. The highest BCUT2D eigenvalue weighted by Crippen LogP contribution is 2.61. The first kappa shape index (κ1) is 25.9. The number of hydrogen-bond acceptors (Lipinski definition) is 6. The van der Waals surface area contributed by atoms with Gasteiger partial charge in [0.25, 0.3) is 0 Å². The fraction of sp³-hybridized carbons (Fsp3) is 0.171. The van der Waals surface area contributed by atoms with Crippen LogP contribution in [0.15, 0.2) is 97.1 Å². The van der Waals surface area contributed by atoms with Crippen molar-refractivity contribution in [1.82, 2.24) is 0 Å². The number of fused-ring (bicyclic) bond motifs is 5. The van der Waals surface area contributed by atoms with Gasteiger partial charge in [-0.05, 0) is 60.2 Å². The van der Waals surface area contributed by atoms with Crippen molar-refractivity contribution in [3.8, 4) is 11.5 Å². The first-order valence-corrected chi connectivity index (χ1v) is 13.7. The summed E-state index contributed by atoms with van der Waals surface area (Å²) in [6, 6.07) is 23.4. The van der Waals surface area contributed by atoms with Crippen LogP contribution >= 0.6 is 0 Å². The van der Waals surface area contributed by atoms with Crippen LogP contribution in [0.5, 0.6) is 11.5 Å². The Morgan fingerprint density at radius 3 is 2.17 bits per heavy atom. The maximum absolute atomic E-state index is 14.7. The van der Waals surface area contributed by atoms with E-state index >= 15 is 0 Å². The molecule has 1 saturated heterocycles. The van der Waals surface area contributed by atoms with Crippen LogP contribution in [0, 0.1) is 11.2 Å². The highest BCUT2D eigenvalue weighted by Gasteiger charge is 2.71. The SMILES string of the molecule is COc1ccc(C(=O)[C@@H]2[C@H](c3cccc(OC)c3)C3(C(=O)c4ccccc4C3=O)[C@H]3C=Cc4cc(F)ccc4N23)cc1. The Balaban J connectivity index is 1.54. The van der Waals surface area contributed by atoms with Crippen LogP contribution < -0.4 is 14.4 Å². The summed E-state index contributed by atoms with van der Waals surface area (Å²) in [7, 11) is 3.09. The highest BCUT2D eigenvalue weighted by atomic mass is 19.1. The second-order valence-electron chi connectivity index (χ2n) is 10.8. The molecule has 42 heavy (non-hydrogen) atoms. The molecular formula is C35H26FNO5. The van der Waals surface area contributed by atoms with Crippen LogP contribution in [0.4, 0.5) is 10.1 Å². The van der Waals surface area contributed by atoms with Gasteiger partial charge in [-0.25, -0.2) is 4.39 Å². The number of rotatable bonds is 5. The standard InChI is InChI=1S/C35H26FNO5/c1-41-24-14-10-20(11-15-24)32(38)31-30(22-6-5-7-25(19-22)42-2)35(33(39)26-8-3-4-9-27(26)34(35)40)29-17-12-21-18-23(36)13-16-28(21)37(29)31/h3-19,29-31H,1-2H3/t29-,30+,31+/m1/s1. The third kappa shape index (κ3) is 3.46. The second-order valence-corrected chi connectivity index (χ2v) is 10.8. The molecule has 2 heterocycles. The minimum Gasteiger partial charge on any atom is -0.497 e. The van der Waals surface area contributed by atoms with Crippen LogP contribution in [-0.2, 0) is 0 Å². The number of ether oxygens (including phenoxy) is 2. The Hall–Kier alpha value is -5.04. The highest BCUT2D eigenvalue weighted by molar-refractivity contribution is 6.32. The number of nitrogens with zero attached hydrogens (tertiary/aromatic N) is 1. The van der Waals surface area contributed by atoms with Gasteiger partial charge in [0.15, 0.2) is 17.3 Å². The Bertz CT molecular complexity index is 1780. The van der Waals surface area contributed by atoms with Gasteiger partial charge in [0.05, 0.1) is 20.3 Å². The van der Waals surface area contributed by atoms with Gasteiger partial charge < -0.3 is 14.4 Å². The molecule has 208 valence electrons. The molecule has 0 N–H and O–H groups in total. The zero-order valence-electron chi connectivity index (χ0n) is 22.9. The number of hydrogen-bond donors (Lipinski definition) is 0. The van der Waals surface area contributed by atoms with E-state index in [0.717, 1.165) is 0 Å². The fourth-order valence-electron chi connectivity index (χ4n) is 7.08. The van der Waals surface area contributed by atoms with Crippen molar-refractivity contribution in [2.45, 2.75) is 18.0 Å². The summed E-state index contributed by atoms with van der Waals surface area (Å²) in [5, 5.41) is 0. The van der Waals surface area contributed by atoms with E-state index in [1.807, 2.05) is 11.0 Å². The fourth-order valence-corrected chi connectivity index (χ4v) is 7.08. The van der Waals surface area contributed by atoms with E-state index < -0.39 is 29.2 Å². The van der Waals surface area contributed by atoms with Crippen molar-refractivity contribution >= 4 is 29.1 Å². The Morgan fingerprint density at radius 1 is 0.810 bits per heavy atom. The number of halogens is 1. The van der Waals surface area contributed by atoms with Gasteiger partial charge >= 0.3 is 0 Å². The number of carbonyl (C=O) groups excluding carboxylic acids is 3. The first-order chi connectivity index (χ1) is 20.4. The minimum absolute atomic E-state index is 0.269. The Morgan fingerprint density at radius 2 is 1.50 bits per heavy atom. The lowest BCUT2D eigenvalue weighted by molar-refractivity contribution is 0.0665. The predicted molar refractivity (Wildman–Crippen MR) is 156 cm³/mol. The summed E-state index contributed by atoms with van der Waals surface area (Å²) >= 11 is 0. The van der Waals surface area contributed by atoms with Crippen LogP contribution in [0.3, 0.4) is 0 Å². The average Bonchev–Trinajstić information content (AvgIpc) is 3.46. The molecule has 0 unspecified atom stereocenters. The van der Waals surface area contributed by atoms with E-state index in [2.05, 4.69) is 0 Å². The zero-order chi connectivity index (χ0) is 29.2. The lowest BCUT2D eigenvalue weighted by atomic mass is 9.64. The van der Waals surface area contributed by atoms with Crippen molar-refractivity contribution in [2.75, 3.05) is 19.1 Å². The maximum Gasteiger partial charge on any atom is 0.185 e. The number of carbonyl (C=O) groups is 3. The maximum atomic E-state index is 14.7.